The van der Waals surface area contributed by atoms with E-state index >= 15 is 4.39 Å². The number of benzene rings is 3. The zero-order valence-electron chi connectivity index (χ0n) is 30.1. The molecule has 0 bridgehead atoms. The molecule has 0 radical (unpaired) electrons. The number of nitrogens with one attached hydrogen (secondary N) is 3. The number of carbonyl (C=O) groups is 2. The summed E-state index contributed by atoms with van der Waals surface area (Å²) in [6.45, 7) is 13.9. The summed E-state index contributed by atoms with van der Waals surface area (Å²) in [6, 6.07) is 15.2. The molecule has 5 rings (SSSR count). The minimum Gasteiger partial charge on any atom is -0.489 e. The second kappa shape index (κ2) is 18.1. The number of aromatic nitrogens is 2. The molecular formula is C38H45ClFN7O5. The first-order valence-electron chi connectivity index (χ1n) is 17.2. The molecule has 1 aromatic heterocycles. The lowest BCUT2D eigenvalue weighted by molar-refractivity contribution is 0.0936. The van der Waals surface area contributed by atoms with Crippen molar-refractivity contribution in [3.8, 4) is 17.4 Å². The first-order chi connectivity index (χ1) is 25.0. The predicted molar refractivity (Wildman–Crippen MR) is 200 cm³/mol. The lowest BCUT2D eigenvalue weighted by atomic mass is 10.1. The molecule has 14 heteroatoms. The molecule has 1 aliphatic rings. The molecule has 3 aromatic carbocycles. The summed E-state index contributed by atoms with van der Waals surface area (Å²) in [6.07, 6.45) is 1.31. The number of carbonyl (C=O) groups excluding carboxylic acids is 2. The Morgan fingerprint density at radius 3 is 2.37 bits per heavy atom. The molecule has 1 saturated heterocycles. The van der Waals surface area contributed by atoms with Gasteiger partial charge >= 0.3 is 0 Å². The number of ether oxygens (including phenoxy) is 3. The van der Waals surface area contributed by atoms with E-state index in [0.717, 1.165) is 37.3 Å². The maximum Gasteiger partial charge on any atom is 0.262 e. The summed E-state index contributed by atoms with van der Waals surface area (Å²) in [4.78, 5) is 39.7. The van der Waals surface area contributed by atoms with Gasteiger partial charge in [0, 0.05) is 81.6 Å². The van der Waals surface area contributed by atoms with Gasteiger partial charge in [0.2, 0.25) is 11.8 Å². The molecule has 0 saturated carbocycles. The average molecular weight is 734 g/mol. The number of nitrogens with zero attached hydrogens (tertiary/aromatic N) is 4. The van der Waals surface area contributed by atoms with Crippen LogP contribution in [0, 0.1) is 19.7 Å². The smallest absolute Gasteiger partial charge is 0.262 e. The van der Waals surface area contributed by atoms with Crippen molar-refractivity contribution in [1.82, 2.24) is 25.1 Å². The quantitative estimate of drug-likeness (QED) is 0.117. The third-order valence-electron chi connectivity index (χ3n) is 8.70. The highest BCUT2D eigenvalue weighted by molar-refractivity contribution is 6.32. The first-order valence-corrected chi connectivity index (χ1v) is 17.5. The zero-order valence-corrected chi connectivity index (χ0v) is 30.8. The number of para-hydroxylation sites is 1. The number of amides is 2. The van der Waals surface area contributed by atoms with Crippen molar-refractivity contribution in [2.24, 2.45) is 0 Å². The Balaban J connectivity index is 1.31. The van der Waals surface area contributed by atoms with Gasteiger partial charge in [0.15, 0.2) is 11.6 Å². The highest BCUT2D eigenvalue weighted by Gasteiger charge is 2.22. The van der Waals surface area contributed by atoms with Gasteiger partial charge in [0.1, 0.15) is 17.9 Å². The molecule has 4 aromatic rings. The van der Waals surface area contributed by atoms with E-state index in [0.29, 0.717) is 49.3 Å². The second-order valence-corrected chi connectivity index (χ2v) is 13.1. The molecule has 0 spiro atoms. The minimum absolute atomic E-state index is 0.0196. The zero-order chi connectivity index (χ0) is 37.2. The van der Waals surface area contributed by atoms with Crippen LogP contribution in [0.25, 0.3) is 0 Å². The van der Waals surface area contributed by atoms with E-state index in [1.807, 2.05) is 32.0 Å². The van der Waals surface area contributed by atoms with Gasteiger partial charge in [-0.3, -0.25) is 19.4 Å². The first kappa shape index (κ1) is 38.4. The predicted octanol–water partition coefficient (Wildman–Crippen LogP) is 6.46. The van der Waals surface area contributed by atoms with E-state index in [9.17, 15) is 9.59 Å². The van der Waals surface area contributed by atoms with Crippen molar-refractivity contribution in [3.63, 3.8) is 0 Å². The Bertz CT molecular complexity index is 1850. The van der Waals surface area contributed by atoms with Crippen LogP contribution >= 0.6 is 11.6 Å². The van der Waals surface area contributed by atoms with E-state index in [2.05, 4.69) is 49.6 Å². The Morgan fingerprint density at radius 1 is 0.962 bits per heavy atom. The number of hydrogen-bond acceptors (Lipinski definition) is 10. The van der Waals surface area contributed by atoms with Crippen LogP contribution < -0.4 is 25.4 Å². The van der Waals surface area contributed by atoms with Gasteiger partial charge in [-0.25, -0.2) is 9.37 Å². The van der Waals surface area contributed by atoms with E-state index in [1.165, 1.54) is 24.4 Å². The molecule has 2 heterocycles. The molecule has 1 aliphatic heterocycles. The Labute approximate surface area is 308 Å². The second-order valence-electron chi connectivity index (χ2n) is 12.7. The third kappa shape index (κ3) is 10.2. The summed E-state index contributed by atoms with van der Waals surface area (Å²) in [5.74, 6) is -1.19. The maximum absolute atomic E-state index is 15.1. The Hall–Kier alpha value is -4.82. The van der Waals surface area contributed by atoms with E-state index in [1.54, 1.807) is 25.3 Å². The highest BCUT2D eigenvalue weighted by atomic mass is 35.5. The van der Waals surface area contributed by atoms with E-state index in [4.69, 9.17) is 25.8 Å². The lowest BCUT2D eigenvalue weighted by Gasteiger charge is -2.36. The fourth-order valence-electron chi connectivity index (χ4n) is 5.66. The molecule has 1 fully saturated rings. The summed E-state index contributed by atoms with van der Waals surface area (Å²) in [5, 5.41) is 8.75. The maximum atomic E-state index is 15.1. The molecule has 0 unspecified atom stereocenters. The third-order valence-corrected chi connectivity index (χ3v) is 9.00. The standard InChI is InChI=1S/C38H45ClFN7O5/c1-24(2)47-16-14-46(15-17-47)18-20-51-33-12-10-28(22-31(33)40)43-38-42-23-29(36(49)44-34-25(3)7-6-8-26(34)4)37(45-38)52-32-11-9-27(21-30(32)39)35(48)41-13-19-50-5/h6-12,21-24H,13-20H2,1-5H3,(H,41,48)(H,44,49)(H,42,43,45). The van der Waals surface area contributed by atoms with Crippen LogP contribution in [0.2, 0.25) is 5.02 Å². The lowest BCUT2D eigenvalue weighted by Crippen LogP contribution is -2.49. The summed E-state index contributed by atoms with van der Waals surface area (Å²) < 4.78 is 32.0. The van der Waals surface area contributed by atoms with Crippen molar-refractivity contribution < 1.29 is 28.2 Å². The number of methoxy groups -OCH3 is 1. The molecule has 12 nitrogen and oxygen atoms in total. The fraction of sp³-hybridized carbons (Fsp3) is 0.368. The number of halogens is 2. The number of piperazine rings is 1. The molecule has 276 valence electrons. The van der Waals surface area contributed by atoms with Gasteiger partial charge in [-0.05, 0) is 69.2 Å². The molecule has 0 aliphatic carbocycles. The van der Waals surface area contributed by atoms with Crippen LogP contribution in [0.5, 0.6) is 17.4 Å². The number of hydrogen-bond donors (Lipinski definition) is 3. The minimum atomic E-state index is -0.547. The highest BCUT2D eigenvalue weighted by Crippen LogP contribution is 2.33. The molecule has 0 atom stereocenters. The molecule has 52 heavy (non-hydrogen) atoms. The van der Waals surface area contributed by atoms with Gasteiger partial charge in [-0.2, -0.15) is 4.98 Å². The van der Waals surface area contributed by atoms with Crippen molar-refractivity contribution in [1.29, 1.82) is 0 Å². The number of rotatable bonds is 15. The summed E-state index contributed by atoms with van der Waals surface area (Å²) >= 11 is 6.54. The molecule has 2 amide bonds. The molecule has 3 N–H and O–H groups in total. The fourth-order valence-corrected chi connectivity index (χ4v) is 5.88. The van der Waals surface area contributed by atoms with Crippen molar-refractivity contribution in [2.45, 2.75) is 33.7 Å². The van der Waals surface area contributed by atoms with Gasteiger partial charge in [-0.15, -0.1) is 0 Å². The average Bonchev–Trinajstić information content (AvgIpc) is 3.12. The summed E-state index contributed by atoms with van der Waals surface area (Å²) in [5.41, 5.74) is 3.08. The number of aryl methyl sites for hydroxylation is 2. The van der Waals surface area contributed by atoms with Crippen LogP contribution in [-0.4, -0.2) is 97.2 Å². The van der Waals surface area contributed by atoms with Crippen molar-refractivity contribution >= 4 is 40.7 Å². The monoisotopic (exact) mass is 733 g/mol. The topological polar surface area (TPSA) is 130 Å². The molecular weight excluding hydrogens is 689 g/mol. The SMILES string of the molecule is COCCNC(=O)c1ccc(Oc2nc(Nc3ccc(OCCN4CCN(C(C)C)CC4)c(F)c3)ncc2C(=O)Nc2c(C)cccc2C)c(Cl)c1. The van der Waals surface area contributed by atoms with Crippen LogP contribution in [0.4, 0.5) is 21.7 Å². The van der Waals surface area contributed by atoms with Crippen LogP contribution in [-0.2, 0) is 4.74 Å². The largest absolute Gasteiger partial charge is 0.489 e. The van der Waals surface area contributed by atoms with E-state index in [-0.39, 0.29) is 39.8 Å². The van der Waals surface area contributed by atoms with Gasteiger partial charge < -0.3 is 30.2 Å². The van der Waals surface area contributed by atoms with Gasteiger partial charge in [0.25, 0.3) is 11.8 Å². The van der Waals surface area contributed by atoms with Gasteiger partial charge in [0.05, 0.1) is 11.6 Å². The van der Waals surface area contributed by atoms with Crippen LogP contribution in [0.3, 0.4) is 0 Å². The summed E-state index contributed by atoms with van der Waals surface area (Å²) in [7, 11) is 1.54. The van der Waals surface area contributed by atoms with Crippen molar-refractivity contribution in [3.05, 3.63) is 93.9 Å². The number of anilines is 3. The van der Waals surface area contributed by atoms with Crippen LogP contribution in [0.1, 0.15) is 45.7 Å². The normalized spacial score (nSPS) is 13.5. The van der Waals surface area contributed by atoms with Crippen molar-refractivity contribution in [2.75, 3.05) is 70.2 Å². The Kier molecular flexibility index (Phi) is 13.4. The van der Waals surface area contributed by atoms with Gasteiger partial charge in [-0.1, -0.05) is 29.8 Å². The van der Waals surface area contributed by atoms with Crippen LogP contribution in [0.15, 0.2) is 60.8 Å². The van der Waals surface area contributed by atoms with E-state index < -0.39 is 11.7 Å². The Morgan fingerprint density at radius 2 is 1.69 bits per heavy atom.